The lowest BCUT2D eigenvalue weighted by atomic mass is 10.1. The van der Waals surface area contributed by atoms with Crippen molar-refractivity contribution in [2.24, 2.45) is 0 Å². The van der Waals surface area contributed by atoms with Crippen LogP contribution in [0, 0.1) is 0 Å². The number of likely N-dealkylation sites (N-methyl/N-ethyl adjacent to an activating group) is 1. The van der Waals surface area contributed by atoms with Crippen LogP contribution in [0.15, 0.2) is 0 Å². The zero-order valence-electron chi connectivity index (χ0n) is 13.3. The maximum Gasteiger partial charge on any atom is 0.305 e. The molecule has 0 aliphatic rings. The van der Waals surface area contributed by atoms with E-state index in [1.165, 1.54) is 0 Å². The van der Waals surface area contributed by atoms with Crippen LogP contribution in [0.25, 0.3) is 0 Å². The zero-order chi connectivity index (χ0) is 16.5. The Hall–Kier alpha value is -1.18. The molecule has 0 aliphatic heterocycles. The molecule has 2 atom stereocenters. The van der Waals surface area contributed by atoms with Gasteiger partial charge in [0.1, 0.15) is 18.8 Å². The summed E-state index contributed by atoms with van der Waals surface area (Å²) >= 11 is 0. The van der Waals surface area contributed by atoms with E-state index >= 15 is 0 Å². The second-order valence-electron chi connectivity index (χ2n) is 5.90. The fourth-order valence-electron chi connectivity index (χ4n) is 1.75. The third kappa shape index (κ3) is 9.38. The fraction of sp³-hybridized carbons (Fsp3) is 0.857. The maximum absolute atomic E-state index is 11.1. The average Bonchev–Trinajstić information content (AvgIpc) is 2.34. The van der Waals surface area contributed by atoms with Crippen LogP contribution in [0.1, 0.15) is 26.2 Å². The quantitative estimate of drug-likeness (QED) is 0.296. The predicted octanol–water partition coefficient (Wildman–Crippen LogP) is -1.08. The van der Waals surface area contributed by atoms with Gasteiger partial charge in [-0.15, -0.1) is 0 Å². The van der Waals surface area contributed by atoms with Crippen LogP contribution in [0.4, 0.5) is 0 Å². The third-order valence-electron chi connectivity index (χ3n) is 2.94. The van der Waals surface area contributed by atoms with E-state index in [2.05, 4.69) is 0 Å². The maximum atomic E-state index is 11.1. The molecule has 0 bridgehead atoms. The molecule has 0 aromatic carbocycles. The van der Waals surface area contributed by atoms with Crippen molar-refractivity contribution in [3.05, 3.63) is 0 Å². The molecule has 0 spiro atoms. The first kappa shape index (κ1) is 19.8. The smallest absolute Gasteiger partial charge is 0.305 e. The Morgan fingerprint density at radius 2 is 1.86 bits per heavy atom. The number of aliphatic hydroxyl groups excluding tert-OH is 1. The summed E-state index contributed by atoms with van der Waals surface area (Å²) in [6, 6.07) is -0.676. The lowest BCUT2D eigenvalue weighted by Gasteiger charge is -2.34. The van der Waals surface area contributed by atoms with Gasteiger partial charge in [0.2, 0.25) is 0 Å². The molecule has 1 N–H and O–H groups in total. The van der Waals surface area contributed by atoms with Crippen LogP contribution in [0.2, 0.25) is 0 Å². The highest BCUT2D eigenvalue weighted by Crippen LogP contribution is 2.07. The number of hydrogen-bond acceptors (Lipinski definition) is 6. The summed E-state index contributed by atoms with van der Waals surface area (Å²) in [5, 5.41) is 20.6. The third-order valence-corrected chi connectivity index (χ3v) is 2.94. The summed E-state index contributed by atoms with van der Waals surface area (Å²) in [5.41, 5.74) is 0. The van der Waals surface area contributed by atoms with E-state index in [1.807, 2.05) is 6.92 Å². The number of carboxylic acids is 1. The van der Waals surface area contributed by atoms with Crippen molar-refractivity contribution in [3.63, 3.8) is 0 Å². The minimum atomic E-state index is -1.12. The SMILES string of the molecule is CCCC(=O)OCC(O)COCCC(C(=O)[O-])[N+](C)(C)C. The van der Waals surface area contributed by atoms with Crippen LogP contribution in [0.5, 0.6) is 0 Å². The minimum Gasteiger partial charge on any atom is -0.544 e. The molecule has 21 heavy (non-hydrogen) atoms. The van der Waals surface area contributed by atoms with Crippen LogP contribution in [-0.2, 0) is 19.1 Å². The largest absolute Gasteiger partial charge is 0.544 e. The van der Waals surface area contributed by atoms with Crippen LogP contribution < -0.4 is 5.11 Å². The molecule has 0 amide bonds. The highest BCUT2D eigenvalue weighted by atomic mass is 16.5. The standard InChI is InChI=1S/C14H27NO6/c1-5-6-13(17)21-10-11(16)9-20-8-7-12(14(18)19)15(2,3)4/h11-12,16H,5-10H2,1-4H3. The molecule has 0 aromatic heterocycles. The number of carboxylic acid groups (broad SMARTS) is 1. The lowest BCUT2D eigenvalue weighted by Crippen LogP contribution is -2.55. The molecule has 0 aromatic rings. The van der Waals surface area contributed by atoms with E-state index in [-0.39, 0.29) is 36.7 Å². The lowest BCUT2D eigenvalue weighted by molar-refractivity contribution is -0.889. The van der Waals surface area contributed by atoms with Crippen molar-refractivity contribution in [2.75, 3.05) is 41.0 Å². The Morgan fingerprint density at radius 1 is 1.24 bits per heavy atom. The first-order chi connectivity index (χ1) is 9.68. The first-order valence-corrected chi connectivity index (χ1v) is 7.11. The number of carbonyl (C=O) groups excluding carboxylic acids is 2. The van der Waals surface area contributed by atoms with E-state index in [1.54, 1.807) is 21.1 Å². The molecule has 7 nitrogen and oxygen atoms in total. The molecule has 7 heteroatoms. The second kappa shape index (κ2) is 9.70. The number of aliphatic hydroxyl groups is 1. The van der Waals surface area contributed by atoms with Gasteiger partial charge in [-0.25, -0.2) is 0 Å². The van der Waals surface area contributed by atoms with Crippen molar-refractivity contribution >= 4 is 11.9 Å². The Morgan fingerprint density at radius 3 is 2.33 bits per heavy atom. The van der Waals surface area contributed by atoms with Gasteiger partial charge < -0.3 is 29.0 Å². The summed E-state index contributed by atoms with van der Waals surface area (Å²) in [6.45, 7) is 1.94. The number of aliphatic carboxylic acids is 1. The molecule has 0 rings (SSSR count). The van der Waals surface area contributed by atoms with E-state index in [4.69, 9.17) is 9.47 Å². The van der Waals surface area contributed by atoms with Gasteiger partial charge >= 0.3 is 5.97 Å². The Labute approximate surface area is 126 Å². The van der Waals surface area contributed by atoms with Crippen molar-refractivity contribution in [3.8, 4) is 0 Å². The van der Waals surface area contributed by atoms with E-state index < -0.39 is 18.1 Å². The normalized spacial score (nSPS) is 14.5. The van der Waals surface area contributed by atoms with E-state index in [0.29, 0.717) is 12.8 Å². The fourth-order valence-corrected chi connectivity index (χ4v) is 1.75. The number of hydrogen-bond donors (Lipinski definition) is 1. The van der Waals surface area contributed by atoms with Gasteiger partial charge in [0.15, 0.2) is 0 Å². The number of quaternary nitrogens is 1. The van der Waals surface area contributed by atoms with Gasteiger partial charge in [0, 0.05) is 12.8 Å². The van der Waals surface area contributed by atoms with E-state index in [0.717, 1.165) is 0 Å². The molecule has 0 saturated carbocycles. The molecule has 0 fully saturated rings. The number of ether oxygens (including phenoxy) is 2. The molecule has 2 unspecified atom stereocenters. The molecule has 124 valence electrons. The van der Waals surface area contributed by atoms with Crippen molar-refractivity contribution in [2.45, 2.75) is 38.3 Å². The highest BCUT2D eigenvalue weighted by molar-refractivity contribution is 5.69. The summed E-state index contributed by atoms with van der Waals surface area (Å²) in [7, 11) is 5.30. The Bertz CT molecular complexity index is 326. The number of nitrogens with zero attached hydrogens (tertiary/aromatic N) is 1. The van der Waals surface area contributed by atoms with Crippen LogP contribution in [-0.4, -0.2) is 74.6 Å². The van der Waals surface area contributed by atoms with Crippen LogP contribution >= 0.6 is 0 Å². The van der Waals surface area contributed by atoms with Gasteiger partial charge in [-0.1, -0.05) is 6.92 Å². The summed E-state index contributed by atoms with van der Waals surface area (Å²) in [6.07, 6.45) is 0.399. The van der Waals surface area contributed by atoms with Gasteiger partial charge in [-0.3, -0.25) is 4.79 Å². The first-order valence-electron chi connectivity index (χ1n) is 7.11. The topological polar surface area (TPSA) is 95.9 Å². The minimum absolute atomic E-state index is 0.00366. The van der Waals surface area contributed by atoms with Gasteiger partial charge in [0.05, 0.1) is 40.3 Å². The molecule has 0 heterocycles. The summed E-state index contributed by atoms with van der Waals surface area (Å²) < 4.78 is 10.3. The number of carbonyl (C=O) groups is 2. The molecular weight excluding hydrogens is 278 g/mol. The Balaban J connectivity index is 3.88. The second-order valence-corrected chi connectivity index (χ2v) is 5.90. The van der Waals surface area contributed by atoms with E-state index in [9.17, 15) is 19.8 Å². The average molecular weight is 305 g/mol. The van der Waals surface area contributed by atoms with Crippen molar-refractivity contribution in [1.29, 1.82) is 0 Å². The van der Waals surface area contributed by atoms with Crippen LogP contribution in [0.3, 0.4) is 0 Å². The van der Waals surface area contributed by atoms with Gasteiger partial charge in [0.25, 0.3) is 0 Å². The summed E-state index contributed by atoms with van der Waals surface area (Å²) in [4.78, 5) is 22.1. The van der Waals surface area contributed by atoms with Crippen molar-refractivity contribution in [1.82, 2.24) is 0 Å². The molecule has 0 aliphatic carbocycles. The van der Waals surface area contributed by atoms with Gasteiger partial charge in [-0.05, 0) is 6.42 Å². The Kier molecular flexibility index (Phi) is 9.16. The monoisotopic (exact) mass is 305 g/mol. The number of rotatable bonds is 11. The highest BCUT2D eigenvalue weighted by Gasteiger charge is 2.24. The van der Waals surface area contributed by atoms with Crippen molar-refractivity contribution < 1.29 is 33.8 Å². The predicted molar refractivity (Wildman–Crippen MR) is 74.1 cm³/mol. The molecular formula is C14H27NO6. The summed E-state index contributed by atoms with van der Waals surface area (Å²) in [5.74, 6) is -1.47. The van der Waals surface area contributed by atoms with Gasteiger partial charge in [-0.2, -0.15) is 0 Å². The molecule has 0 saturated heterocycles. The number of esters is 1. The molecule has 0 radical (unpaired) electrons. The zero-order valence-corrected chi connectivity index (χ0v) is 13.3.